The number of nitrogens with zero attached hydrogens (tertiary/aromatic N) is 1. The van der Waals surface area contributed by atoms with E-state index < -0.39 is 0 Å². The summed E-state index contributed by atoms with van der Waals surface area (Å²) in [5.41, 5.74) is 3.37. The van der Waals surface area contributed by atoms with Gasteiger partial charge in [-0.2, -0.15) is 0 Å². The lowest BCUT2D eigenvalue weighted by atomic mass is 10.1. The number of rotatable bonds is 7. The molecule has 3 aromatic carbocycles. The van der Waals surface area contributed by atoms with Crippen molar-refractivity contribution in [1.29, 1.82) is 0 Å². The maximum Gasteiger partial charge on any atom is 0.165 e. The second-order valence-corrected chi connectivity index (χ2v) is 6.80. The van der Waals surface area contributed by atoms with Crippen LogP contribution in [-0.2, 0) is 6.61 Å². The summed E-state index contributed by atoms with van der Waals surface area (Å²) in [6.45, 7) is 2.87. The Hall–Kier alpha value is -3.79. The molecule has 4 aromatic rings. The average molecular weight is 397 g/mol. The number of pyridine rings is 1. The monoisotopic (exact) mass is 397 g/mol. The number of benzene rings is 3. The zero-order valence-electron chi connectivity index (χ0n) is 16.8. The third-order valence-corrected chi connectivity index (χ3v) is 4.71. The third kappa shape index (κ3) is 4.44. The summed E-state index contributed by atoms with van der Waals surface area (Å²) in [4.78, 5) is 4.77. The molecule has 0 atom stereocenters. The van der Waals surface area contributed by atoms with Gasteiger partial charge in [-0.25, -0.2) is 4.98 Å². The predicted molar refractivity (Wildman–Crippen MR) is 121 cm³/mol. The summed E-state index contributed by atoms with van der Waals surface area (Å²) in [5, 5.41) is 11.4. The molecule has 0 aliphatic heterocycles. The number of para-hydroxylation sites is 2. The van der Waals surface area contributed by atoms with Crippen molar-refractivity contribution in [3.05, 3.63) is 95.7 Å². The minimum absolute atomic E-state index is 0.128. The Balaban J connectivity index is 1.60. The van der Waals surface area contributed by atoms with Crippen molar-refractivity contribution in [2.24, 2.45) is 0 Å². The summed E-state index contributed by atoms with van der Waals surface area (Å²) in [6.07, 6.45) is 3.71. The van der Waals surface area contributed by atoms with E-state index in [1.54, 1.807) is 6.07 Å². The average Bonchev–Trinajstić information content (AvgIpc) is 2.79. The fourth-order valence-electron chi connectivity index (χ4n) is 3.20. The van der Waals surface area contributed by atoms with Crippen LogP contribution in [0.1, 0.15) is 23.7 Å². The molecule has 0 aliphatic rings. The minimum Gasteiger partial charge on any atom is -0.504 e. The molecular formula is C26H23NO3. The van der Waals surface area contributed by atoms with E-state index in [-0.39, 0.29) is 5.75 Å². The highest BCUT2D eigenvalue weighted by atomic mass is 16.5. The lowest BCUT2D eigenvalue weighted by Gasteiger charge is -2.09. The largest absolute Gasteiger partial charge is 0.504 e. The highest BCUT2D eigenvalue weighted by Crippen LogP contribution is 2.31. The number of ether oxygens (including phenoxy) is 2. The van der Waals surface area contributed by atoms with Gasteiger partial charge in [0, 0.05) is 10.9 Å². The van der Waals surface area contributed by atoms with Crippen LogP contribution in [0, 0.1) is 0 Å². The Morgan fingerprint density at radius 1 is 0.800 bits per heavy atom. The van der Waals surface area contributed by atoms with E-state index in [0.29, 0.717) is 24.5 Å². The van der Waals surface area contributed by atoms with Crippen LogP contribution in [0.25, 0.3) is 23.1 Å². The number of hydrogen-bond donors (Lipinski definition) is 1. The second-order valence-electron chi connectivity index (χ2n) is 6.80. The number of phenols is 1. The van der Waals surface area contributed by atoms with Crippen molar-refractivity contribution < 1.29 is 14.6 Å². The molecule has 0 saturated carbocycles. The second kappa shape index (κ2) is 9.14. The van der Waals surface area contributed by atoms with Crippen LogP contribution in [0.3, 0.4) is 0 Å². The summed E-state index contributed by atoms with van der Waals surface area (Å²) in [6, 6.07) is 25.4. The zero-order chi connectivity index (χ0) is 20.8. The van der Waals surface area contributed by atoms with Gasteiger partial charge >= 0.3 is 0 Å². The van der Waals surface area contributed by atoms with Crippen LogP contribution >= 0.6 is 0 Å². The quantitative estimate of drug-likeness (QED) is 0.410. The van der Waals surface area contributed by atoms with Crippen LogP contribution < -0.4 is 9.47 Å². The van der Waals surface area contributed by atoms with Crippen LogP contribution in [0.4, 0.5) is 0 Å². The Bertz CT molecular complexity index is 1170. The van der Waals surface area contributed by atoms with Crippen molar-refractivity contribution in [2.45, 2.75) is 13.5 Å². The van der Waals surface area contributed by atoms with Crippen LogP contribution in [0.5, 0.6) is 17.2 Å². The lowest BCUT2D eigenvalue weighted by molar-refractivity contribution is 0.309. The first-order valence-corrected chi connectivity index (χ1v) is 9.94. The number of fused-ring (bicyclic) bond motifs is 1. The molecule has 0 radical (unpaired) electrons. The first kappa shape index (κ1) is 19.5. The van der Waals surface area contributed by atoms with Gasteiger partial charge < -0.3 is 14.6 Å². The Morgan fingerprint density at radius 2 is 1.60 bits per heavy atom. The highest BCUT2D eigenvalue weighted by molar-refractivity contribution is 5.86. The molecule has 1 N–H and O–H groups in total. The first-order valence-electron chi connectivity index (χ1n) is 9.94. The normalized spacial score (nSPS) is 11.1. The van der Waals surface area contributed by atoms with Crippen molar-refractivity contribution in [1.82, 2.24) is 4.98 Å². The minimum atomic E-state index is 0.128. The van der Waals surface area contributed by atoms with Crippen LogP contribution in [0.2, 0.25) is 0 Å². The van der Waals surface area contributed by atoms with Gasteiger partial charge in [-0.05, 0) is 42.8 Å². The molecular weight excluding hydrogens is 374 g/mol. The van der Waals surface area contributed by atoms with Crippen LogP contribution in [-0.4, -0.2) is 16.7 Å². The lowest BCUT2D eigenvalue weighted by Crippen LogP contribution is -1.97. The smallest absolute Gasteiger partial charge is 0.165 e. The van der Waals surface area contributed by atoms with E-state index in [1.807, 2.05) is 91.9 Å². The number of aromatic nitrogens is 1. The summed E-state index contributed by atoms with van der Waals surface area (Å²) >= 11 is 0. The summed E-state index contributed by atoms with van der Waals surface area (Å²) < 4.78 is 11.5. The molecule has 4 rings (SSSR count). The molecule has 0 saturated heterocycles. The van der Waals surface area contributed by atoms with Crippen molar-refractivity contribution in [3.63, 3.8) is 0 Å². The van der Waals surface area contributed by atoms with Gasteiger partial charge in [0.05, 0.1) is 12.3 Å². The molecule has 30 heavy (non-hydrogen) atoms. The first-order chi connectivity index (χ1) is 14.7. The van der Waals surface area contributed by atoms with Crippen LogP contribution in [0.15, 0.2) is 78.9 Å². The SMILES string of the molecule is CCOc1cccc(C=Cc2ccc3cccc(OCc4ccccc4)c3n2)c1O. The zero-order valence-corrected chi connectivity index (χ0v) is 16.8. The highest BCUT2D eigenvalue weighted by Gasteiger charge is 2.07. The van der Waals surface area contributed by atoms with E-state index in [0.717, 1.165) is 27.9 Å². The van der Waals surface area contributed by atoms with Gasteiger partial charge in [0.25, 0.3) is 0 Å². The van der Waals surface area contributed by atoms with E-state index in [1.165, 1.54) is 0 Å². The predicted octanol–water partition coefficient (Wildman–Crippen LogP) is 6.09. The maximum absolute atomic E-state index is 10.4. The molecule has 4 heteroatoms. The van der Waals surface area contributed by atoms with E-state index in [2.05, 4.69) is 0 Å². The third-order valence-electron chi connectivity index (χ3n) is 4.71. The number of hydrogen-bond acceptors (Lipinski definition) is 4. The molecule has 1 heterocycles. The van der Waals surface area contributed by atoms with Crippen molar-refractivity contribution in [2.75, 3.05) is 6.61 Å². The molecule has 0 unspecified atom stereocenters. The van der Waals surface area contributed by atoms with E-state index >= 15 is 0 Å². The molecule has 4 nitrogen and oxygen atoms in total. The van der Waals surface area contributed by atoms with Crippen molar-refractivity contribution >= 4 is 23.1 Å². The van der Waals surface area contributed by atoms with Gasteiger partial charge in [-0.15, -0.1) is 0 Å². The van der Waals surface area contributed by atoms with Gasteiger partial charge in [0.1, 0.15) is 17.9 Å². The van der Waals surface area contributed by atoms with E-state index in [4.69, 9.17) is 14.5 Å². The molecule has 0 bridgehead atoms. The fraction of sp³-hybridized carbons (Fsp3) is 0.115. The standard InChI is InChI=1S/C26H23NO3/c1-2-29-24-13-7-11-21(26(24)28)15-17-22-16-14-20-10-6-12-23(25(20)27-22)30-18-19-8-4-3-5-9-19/h3-17,28H,2,18H2,1H3. The topological polar surface area (TPSA) is 51.6 Å². The Kier molecular flexibility index (Phi) is 5.95. The molecule has 0 spiro atoms. The molecule has 150 valence electrons. The van der Waals surface area contributed by atoms with Gasteiger partial charge in [-0.1, -0.05) is 60.7 Å². The van der Waals surface area contributed by atoms with Crippen molar-refractivity contribution in [3.8, 4) is 17.2 Å². The maximum atomic E-state index is 10.4. The fourth-order valence-corrected chi connectivity index (χ4v) is 3.20. The van der Waals surface area contributed by atoms with Gasteiger partial charge in [-0.3, -0.25) is 0 Å². The summed E-state index contributed by atoms with van der Waals surface area (Å²) in [5.74, 6) is 1.35. The van der Waals surface area contributed by atoms with E-state index in [9.17, 15) is 5.11 Å². The van der Waals surface area contributed by atoms with Gasteiger partial charge in [0.15, 0.2) is 11.5 Å². The molecule has 0 fully saturated rings. The number of aromatic hydroxyl groups is 1. The molecule has 0 amide bonds. The van der Waals surface area contributed by atoms with Gasteiger partial charge in [0.2, 0.25) is 0 Å². The Morgan fingerprint density at radius 3 is 2.43 bits per heavy atom. The molecule has 0 aliphatic carbocycles. The molecule has 1 aromatic heterocycles. The number of phenolic OH excluding ortho intramolecular Hbond substituents is 1. The Labute approximate surface area is 176 Å². The summed E-state index contributed by atoms with van der Waals surface area (Å²) in [7, 11) is 0.